The zero-order valence-corrected chi connectivity index (χ0v) is 20.7. The number of thiophene rings is 1. The largest absolute Gasteiger partial charge is 0.319 e. The van der Waals surface area contributed by atoms with E-state index in [1.807, 2.05) is 44.2 Å². The van der Waals surface area contributed by atoms with E-state index in [0.29, 0.717) is 27.5 Å². The van der Waals surface area contributed by atoms with Crippen LogP contribution in [-0.4, -0.2) is 30.5 Å². The van der Waals surface area contributed by atoms with Gasteiger partial charge in [0.05, 0.1) is 27.8 Å². The second kappa shape index (κ2) is 9.03. The van der Waals surface area contributed by atoms with Crippen molar-refractivity contribution in [1.82, 2.24) is 19.3 Å². The monoisotopic (exact) mass is 483 g/mol. The van der Waals surface area contributed by atoms with Crippen LogP contribution in [0.4, 0.5) is 5.69 Å². The lowest BCUT2D eigenvalue weighted by Crippen LogP contribution is -2.27. The number of H-pyrrole nitrogens is 1. The Morgan fingerprint density at radius 3 is 2.61 bits per heavy atom. The van der Waals surface area contributed by atoms with E-state index in [-0.39, 0.29) is 22.7 Å². The zero-order valence-electron chi connectivity index (χ0n) is 19.1. The molecule has 0 saturated heterocycles. The number of fused-ring (bicyclic) bond motifs is 1. The van der Waals surface area contributed by atoms with Crippen molar-refractivity contribution in [1.29, 1.82) is 0 Å². The van der Waals surface area contributed by atoms with Crippen molar-refractivity contribution in [3.05, 3.63) is 73.0 Å². The van der Waals surface area contributed by atoms with Crippen LogP contribution in [0.3, 0.4) is 0 Å². The predicted octanol–water partition coefficient (Wildman–Crippen LogP) is 3.66. The lowest BCUT2D eigenvalue weighted by Gasteiger charge is -2.11. The highest BCUT2D eigenvalue weighted by atomic mass is 32.2. The van der Waals surface area contributed by atoms with Crippen LogP contribution in [0.15, 0.2) is 39.9 Å². The number of aromatic amines is 1. The van der Waals surface area contributed by atoms with Crippen LogP contribution in [0, 0.1) is 20.8 Å². The van der Waals surface area contributed by atoms with Gasteiger partial charge >= 0.3 is 0 Å². The van der Waals surface area contributed by atoms with Gasteiger partial charge in [-0.15, -0.1) is 23.1 Å². The van der Waals surface area contributed by atoms with Crippen molar-refractivity contribution < 1.29 is 4.79 Å². The number of hydrogen-bond donors (Lipinski definition) is 2. The number of para-hydroxylation sites is 1. The number of nitrogens with zero attached hydrogens (tertiary/aromatic N) is 3. The second-order valence-electron chi connectivity index (χ2n) is 7.86. The minimum atomic E-state index is -0.456. The first-order valence-corrected chi connectivity index (χ1v) is 12.3. The van der Waals surface area contributed by atoms with E-state index < -0.39 is 5.25 Å². The number of aromatic nitrogens is 4. The van der Waals surface area contributed by atoms with Gasteiger partial charge in [0.25, 0.3) is 11.1 Å². The van der Waals surface area contributed by atoms with Crippen LogP contribution in [0.25, 0.3) is 15.9 Å². The van der Waals surface area contributed by atoms with E-state index >= 15 is 0 Å². The molecule has 33 heavy (non-hydrogen) atoms. The van der Waals surface area contributed by atoms with E-state index in [9.17, 15) is 14.4 Å². The summed E-state index contributed by atoms with van der Waals surface area (Å²) in [5.74, 6) is 0.621. The molecule has 4 aromatic rings. The fourth-order valence-corrected chi connectivity index (χ4v) is 5.39. The quantitative estimate of drug-likeness (QED) is 0.436. The van der Waals surface area contributed by atoms with Crippen LogP contribution in [-0.2, 0) is 17.6 Å². The Morgan fingerprint density at radius 2 is 1.91 bits per heavy atom. The number of aryl methyl sites for hydroxylation is 2. The number of benzene rings is 1. The van der Waals surface area contributed by atoms with Gasteiger partial charge in [0.1, 0.15) is 16.3 Å². The van der Waals surface area contributed by atoms with Crippen LogP contribution in [0.2, 0.25) is 0 Å². The van der Waals surface area contributed by atoms with Crippen molar-refractivity contribution in [3.8, 4) is 5.69 Å². The summed E-state index contributed by atoms with van der Waals surface area (Å²) in [5, 5.41) is 2.97. The second-order valence-corrected chi connectivity index (χ2v) is 10.4. The number of rotatable bonds is 6. The molecule has 1 amide bonds. The summed E-state index contributed by atoms with van der Waals surface area (Å²) in [6.07, 6.45) is 0. The highest BCUT2D eigenvalue weighted by Crippen LogP contribution is 2.26. The lowest BCUT2D eigenvalue weighted by molar-refractivity contribution is -0.115. The van der Waals surface area contributed by atoms with Crippen LogP contribution in [0.5, 0.6) is 0 Å². The Morgan fingerprint density at radius 1 is 1.21 bits per heavy atom. The van der Waals surface area contributed by atoms with Gasteiger partial charge in [-0.3, -0.25) is 19.1 Å². The molecule has 3 heterocycles. The van der Waals surface area contributed by atoms with Gasteiger partial charge in [-0.1, -0.05) is 18.2 Å². The molecule has 0 aliphatic rings. The number of carbonyl (C=O) groups excluding carboxylic acids is 1. The van der Waals surface area contributed by atoms with Gasteiger partial charge in [0.2, 0.25) is 5.91 Å². The van der Waals surface area contributed by atoms with Crippen molar-refractivity contribution in [2.24, 2.45) is 7.05 Å². The molecule has 0 aliphatic carbocycles. The molecular formula is C23H25N5O3S2. The van der Waals surface area contributed by atoms with E-state index in [0.717, 1.165) is 16.1 Å². The SMILES string of the molecule is Cc1sc2nc(CSC(C)C(=O)Nc3c(C)n(C)n(-c4ccccc4)c3=O)[nH]c(=O)c2c1C. The normalized spacial score (nSPS) is 12.3. The van der Waals surface area contributed by atoms with Crippen molar-refractivity contribution in [2.75, 3.05) is 5.32 Å². The summed E-state index contributed by atoms with van der Waals surface area (Å²) in [7, 11) is 1.78. The third-order valence-corrected chi connectivity index (χ3v) is 7.99. The topological polar surface area (TPSA) is 102 Å². The third-order valence-electron chi connectivity index (χ3n) is 5.73. The molecule has 8 nitrogen and oxygen atoms in total. The van der Waals surface area contributed by atoms with E-state index in [2.05, 4.69) is 15.3 Å². The maximum atomic E-state index is 13.0. The van der Waals surface area contributed by atoms with Gasteiger partial charge in [0, 0.05) is 11.9 Å². The maximum Gasteiger partial charge on any atom is 0.295 e. The molecule has 0 saturated carbocycles. The average molecular weight is 484 g/mol. The van der Waals surface area contributed by atoms with Crippen LogP contribution < -0.4 is 16.4 Å². The number of anilines is 1. The molecule has 1 unspecified atom stereocenters. The molecule has 1 atom stereocenters. The predicted molar refractivity (Wildman–Crippen MR) is 135 cm³/mol. The number of hydrogen-bond acceptors (Lipinski definition) is 6. The summed E-state index contributed by atoms with van der Waals surface area (Å²) in [6, 6.07) is 9.27. The number of amides is 1. The molecule has 3 aromatic heterocycles. The van der Waals surface area contributed by atoms with Crippen molar-refractivity contribution in [2.45, 2.75) is 38.7 Å². The lowest BCUT2D eigenvalue weighted by atomic mass is 10.2. The first kappa shape index (κ1) is 23.1. The molecular weight excluding hydrogens is 458 g/mol. The molecule has 10 heteroatoms. The van der Waals surface area contributed by atoms with Gasteiger partial charge in [0.15, 0.2) is 0 Å². The van der Waals surface area contributed by atoms with Crippen molar-refractivity contribution in [3.63, 3.8) is 0 Å². The highest BCUT2D eigenvalue weighted by Gasteiger charge is 2.22. The van der Waals surface area contributed by atoms with Gasteiger partial charge in [-0.25, -0.2) is 9.67 Å². The van der Waals surface area contributed by atoms with Gasteiger partial charge in [-0.05, 0) is 45.4 Å². The Balaban J connectivity index is 1.49. The standard InChI is InChI=1S/C23H25N5O3S2/c1-12-14(3)33-22-18(12)21(30)24-17(25-22)11-32-15(4)20(29)26-19-13(2)27(5)28(23(19)31)16-9-7-6-8-10-16/h6-10,15H,11H2,1-5H3,(H,26,29)(H,24,25,30). The summed E-state index contributed by atoms with van der Waals surface area (Å²) in [4.78, 5) is 47.5. The van der Waals surface area contributed by atoms with Crippen LogP contribution in [0.1, 0.15) is 28.9 Å². The summed E-state index contributed by atoms with van der Waals surface area (Å²) in [6.45, 7) is 7.45. The zero-order chi connectivity index (χ0) is 23.9. The molecule has 0 fully saturated rings. The fraction of sp³-hybridized carbons (Fsp3) is 0.304. The minimum absolute atomic E-state index is 0.157. The first-order valence-electron chi connectivity index (χ1n) is 10.4. The molecule has 172 valence electrons. The number of nitrogens with one attached hydrogen (secondary N) is 2. The molecule has 1 aromatic carbocycles. The Hall–Kier alpha value is -3.11. The molecule has 0 bridgehead atoms. The summed E-state index contributed by atoms with van der Waals surface area (Å²) >= 11 is 2.84. The minimum Gasteiger partial charge on any atom is -0.319 e. The molecule has 0 spiro atoms. The third kappa shape index (κ3) is 4.28. The maximum absolute atomic E-state index is 13.0. The average Bonchev–Trinajstić information content (AvgIpc) is 3.19. The summed E-state index contributed by atoms with van der Waals surface area (Å²) < 4.78 is 3.25. The molecule has 2 N–H and O–H groups in total. The molecule has 4 rings (SSSR count). The summed E-state index contributed by atoms with van der Waals surface area (Å²) in [5.41, 5.74) is 2.16. The first-order chi connectivity index (χ1) is 15.7. The number of carbonyl (C=O) groups is 1. The Kier molecular flexibility index (Phi) is 6.31. The number of thioether (sulfide) groups is 1. The smallest absolute Gasteiger partial charge is 0.295 e. The fourth-order valence-electron chi connectivity index (χ4n) is 3.58. The van der Waals surface area contributed by atoms with E-state index in [4.69, 9.17) is 0 Å². The van der Waals surface area contributed by atoms with E-state index in [1.54, 1.807) is 25.6 Å². The molecule has 0 radical (unpaired) electrons. The van der Waals surface area contributed by atoms with Gasteiger partial charge in [-0.2, -0.15) is 0 Å². The Labute approximate surface area is 198 Å². The highest BCUT2D eigenvalue weighted by molar-refractivity contribution is 7.99. The van der Waals surface area contributed by atoms with E-state index in [1.165, 1.54) is 27.8 Å². The van der Waals surface area contributed by atoms with Crippen molar-refractivity contribution >= 4 is 44.9 Å². The van der Waals surface area contributed by atoms with Crippen LogP contribution >= 0.6 is 23.1 Å². The molecule has 0 aliphatic heterocycles. The Bertz CT molecular complexity index is 1460. The van der Waals surface area contributed by atoms with Gasteiger partial charge < -0.3 is 10.3 Å².